The second-order valence-corrected chi connectivity index (χ2v) is 3.99. The van der Waals surface area contributed by atoms with Gasteiger partial charge in [0.25, 0.3) is 0 Å². The minimum absolute atomic E-state index is 0.0365. The van der Waals surface area contributed by atoms with E-state index in [-0.39, 0.29) is 5.91 Å². The molecule has 0 saturated carbocycles. The third-order valence-electron chi connectivity index (χ3n) is 2.06. The molecular formula is C12H11NOS. The normalized spacial score (nSPS) is 9.93. The fourth-order valence-corrected chi connectivity index (χ4v) is 2.21. The second-order valence-electron chi connectivity index (χ2n) is 3.25. The highest BCUT2D eigenvalue weighted by Gasteiger charge is 2.06. The van der Waals surface area contributed by atoms with E-state index in [4.69, 9.17) is 0 Å². The Labute approximate surface area is 92.6 Å². The highest BCUT2D eigenvalue weighted by atomic mass is 32.1. The Morgan fingerprint density at radius 1 is 1.20 bits per heavy atom. The lowest BCUT2D eigenvalue weighted by molar-refractivity contribution is -0.114. The van der Waals surface area contributed by atoms with Crippen LogP contribution in [0.3, 0.4) is 0 Å². The summed E-state index contributed by atoms with van der Waals surface area (Å²) >= 11 is 1.59. The zero-order valence-electron chi connectivity index (χ0n) is 8.36. The smallest absolute Gasteiger partial charge is 0.221 e. The molecule has 76 valence electrons. The van der Waals surface area contributed by atoms with E-state index in [9.17, 15) is 4.79 Å². The number of nitrogens with one attached hydrogen (secondary N) is 1. The minimum Gasteiger partial charge on any atom is -0.325 e. The average Bonchev–Trinajstić information content (AvgIpc) is 2.66. The van der Waals surface area contributed by atoms with Gasteiger partial charge in [-0.3, -0.25) is 4.79 Å². The zero-order valence-corrected chi connectivity index (χ0v) is 9.17. The molecule has 0 saturated heterocycles. The van der Waals surface area contributed by atoms with Crippen molar-refractivity contribution < 1.29 is 4.79 Å². The molecule has 0 unspecified atom stereocenters. The van der Waals surface area contributed by atoms with E-state index in [1.54, 1.807) is 11.3 Å². The molecule has 0 radical (unpaired) electrons. The molecule has 1 N–H and O–H groups in total. The van der Waals surface area contributed by atoms with E-state index in [1.165, 1.54) is 6.92 Å². The molecule has 1 amide bonds. The van der Waals surface area contributed by atoms with Crippen LogP contribution >= 0.6 is 11.3 Å². The lowest BCUT2D eigenvalue weighted by Crippen LogP contribution is -2.05. The van der Waals surface area contributed by atoms with Crippen molar-refractivity contribution >= 4 is 22.9 Å². The molecule has 0 aliphatic heterocycles. The third-order valence-corrected chi connectivity index (χ3v) is 2.80. The summed E-state index contributed by atoms with van der Waals surface area (Å²) in [6.45, 7) is 1.52. The van der Waals surface area contributed by atoms with Crippen molar-refractivity contribution in [2.45, 2.75) is 6.92 Å². The lowest BCUT2D eigenvalue weighted by atomic mass is 10.1. The highest BCUT2D eigenvalue weighted by Crippen LogP contribution is 2.31. The van der Waals surface area contributed by atoms with Crippen LogP contribution in [0.5, 0.6) is 0 Å². The number of anilines is 1. The molecule has 1 heterocycles. The summed E-state index contributed by atoms with van der Waals surface area (Å²) < 4.78 is 0. The zero-order chi connectivity index (χ0) is 10.7. The van der Waals surface area contributed by atoms with Gasteiger partial charge in [-0.25, -0.2) is 0 Å². The number of rotatable bonds is 2. The molecule has 3 heteroatoms. The summed E-state index contributed by atoms with van der Waals surface area (Å²) in [5, 5.41) is 6.81. The minimum atomic E-state index is -0.0365. The molecule has 2 nitrogen and oxygen atoms in total. The van der Waals surface area contributed by atoms with Gasteiger partial charge in [0.2, 0.25) is 5.91 Å². The Hall–Kier alpha value is -1.61. The van der Waals surface area contributed by atoms with Crippen molar-refractivity contribution in [2.24, 2.45) is 0 Å². The van der Waals surface area contributed by atoms with Gasteiger partial charge >= 0.3 is 0 Å². The van der Waals surface area contributed by atoms with E-state index >= 15 is 0 Å². The van der Waals surface area contributed by atoms with Crippen LogP contribution in [0, 0.1) is 0 Å². The predicted molar refractivity (Wildman–Crippen MR) is 64.1 cm³/mol. The predicted octanol–water partition coefficient (Wildman–Crippen LogP) is 3.37. The van der Waals surface area contributed by atoms with E-state index in [0.29, 0.717) is 0 Å². The van der Waals surface area contributed by atoms with Crippen molar-refractivity contribution in [2.75, 3.05) is 5.32 Å². The van der Waals surface area contributed by atoms with E-state index in [2.05, 4.69) is 5.32 Å². The van der Waals surface area contributed by atoms with Crippen LogP contribution in [0.1, 0.15) is 6.92 Å². The summed E-state index contributed by atoms with van der Waals surface area (Å²) in [6.07, 6.45) is 0. The quantitative estimate of drug-likeness (QED) is 0.821. The van der Waals surface area contributed by atoms with Crippen molar-refractivity contribution in [3.05, 3.63) is 41.1 Å². The Kier molecular flexibility index (Phi) is 2.83. The Morgan fingerprint density at radius 3 is 2.60 bits per heavy atom. The van der Waals surface area contributed by atoms with Crippen molar-refractivity contribution in [3.8, 4) is 11.1 Å². The molecule has 1 aromatic heterocycles. The Bertz CT molecular complexity index is 461. The SMILES string of the molecule is CC(=O)Nc1cscc1-c1ccccc1. The van der Waals surface area contributed by atoms with Gasteiger partial charge in [0.05, 0.1) is 5.69 Å². The second kappa shape index (κ2) is 4.28. The maximum Gasteiger partial charge on any atom is 0.221 e. The topological polar surface area (TPSA) is 29.1 Å². The number of carbonyl (C=O) groups is 1. The van der Waals surface area contributed by atoms with Gasteiger partial charge in [-0.1, -0.05) is 30.3 Å². The van der Waals surface area contributed by atoms with Crippen molar-refractivity contribution in [1.82, 2.24) is 0 Å². The van der Waals surface area contributed by atoms with E-state index < -0.39 is 0 Å². The van der Waals surface area contributed by atoms with Gasteiger partial charge in [-0.05, 0) is 5.56 Å². The van der Waals surface area contributed by atoms with Crippen LogP contribution in [0.25, 0.3) is 11.1 Å². The summed E-state index contributed by atoms with van der Waals surface area (Å²) in [5.41, 5.74) is 3.09. The van der Waals surface area contributed by atoms with Crippen molar-refractivity contribution in [3.63, 3.8) is 0 Å². The molecule has 0 aliphatic rings. The molecular weight excluding hydrogens is 206 g/mol. The first-order valence-corrected chi connectivity index (χ1v) is 5.61. The maximum atomic E-state index is 11.0. The molecule has 2 rings (SSSR count). The average molecular weight is 217 g/mol. The molecule has 0 aliphatic carbocycles. The van der Waals surface area contributed by atoms with Gasteiger partial charge in [-0.2, -0.15) is 0 Å². The first-order valence-electron chi connectivity index (χ1n) is 4.66. The molecule has 2 aromatic rings. The highest BCUT2D eigenvalue weighted by molar-refractivity contribution is 7.08. The summed E-state index contributed by atoms with van der Waals surface area (Å²) in [6, 6.07) is 10.0. The van der Waals surface area contributed by atoms with Crippen molar-refractivity contribution in [1.29, 1.82) is 0 Å². The lowest BCUT2D eigenvalue weighted by Gasteiger charge is -2.03. The number of amides is 1. The maximum absolute atomic E-state index is 11.0. The largest absolute Gasteiger partial charge is 0.325 e. The van der Waals surface area contributed by atoms with Crippen LogP contribution in [0.4, 0.5) is 5.69 Å². The van der Waals surface area contributed by atoms with Crippen LogP contribution in [0.15, 0.2) is 41.1 Å². The number of thiophene rings is 1. The molecule has 0 spiro atoms. The number of hydrogen-bond acceptors (Lipinski definition) is 2. The van der Waals surface area contributed by atoms with Gasteiger partial charge in [0, 0.05) is 23.2 Å². The van der Waals surface area contributed by atoms with Crippen LogP contribution in [-0.4, -0.2) is 5.91 Å². The molecule has 0 fully saturated rings. The molecule has 0 atom stereocenters. The monoisotopic (exact) mass is 217 g/mol. The Morgan fingerprint density at radius 2 is 1.93 bits per heavy atom. The number of benzene rings is 1. The van der Waals surface area contributed by atoms with Gasteiger partial charge < -0.3 is 5.32 Å². The number of hydrogen-bond donors (Lipinski definition) is 1. The molecule has 1 aromatic carbocycles. The standard InChI is InChI=1S/C12H11NOS/c1-9(14)13-12-8-15-7-11(12)10-5-3-2-4-6-10/h2-8H,1H3,(H,13,14). The van der Waals surface area contributed by atoms with Gasteiger partial charge in [-0.15, -0.1) is 11.3 Å². The number of carbonyl (C=O) groups excluding carboxylic acids is 1. The fraction of sp³-hybridized carbons (Fsp3) is 0.0833. The summed E-state index contributed by atoms with van der Waals surface area (Å²) in [4.78, 5) is 11.0. The summed E-state index contributed by atoms with van der Waals surface area (Å²) in [5.74, 6) is -0.0365. The van der Waals surface area contributed by atoms with E-state index in [0.717, 1.165) is 16.8 Å². The first-order chi connectivity index (χ1) is 7.27. The van der Waals surface area contributed by atoms with Crippen LogP contribution in [-0.2, 0) is 4.79 Å². The summed E-state index contributed by atoms with van der Waals surface area (Å²) in [7, 11) is 0. The van der Waals surface area contributed by atoms with Gasteiger partial charge in [0.15, 0.2) is 0 Å². The van der Waals surface area contributed by atoms with Crippen LogP contribution in [0.2, 0.25) is 0 Å². The van der Waals surface area contributed by atoms with Crippen LogP contribution < -0.4 is 5.32 Å². The first kappa shape index (κ1) is 9.93. The third kappa shape index (κ3) is 2.25. The Balaban J connectivity index is 2.37. The molecule has 15 heavy (non-hydrogen) atoms. The van der Waals surface area contributed by atoms with E-state index in [1.807, 2.05) is 41.1 Å². The molecule has 0 bridgehead atoms. The fourth-order valence-electron chi connectivity index (χ4n) is 1.42. The van der Waals surface area contributed by atoms with Gasteiger partial charge in [0.1, 0.15) is 0 Å².